The Kier molecular flexibility index (Phi) is 15.9. The molecule has 8 rings (SSSR count). The molecule has 0 aromatic heterocycles. The Hall–Kier alpha value is -1.60. The molecular formula is C48H62P2Pd. The van der Waals surface area contributed by atoms with Crippen molar-refractivity contribution in [2.75, 3.05) is 0 Å². The largest absolute Gasteiger partial charge is 0.0683 e. The average Bonchev–Trinajstić information content (AvgIpc) is 3.21. The molecule has 51 heavy (non-hydrogen) atoms. The SMILES string of the molecule is [Pd].c1ccc(-c2ccccc2P(C2CCCCC2)C2CCCCC2)cc1.c1ccc(-c2ccccc2P(C2CCCCC2)C2CCCCC2)cc1. The molecule has 0 nitrogen and oxygen atoms in total. The Morgan fingerprint density at radius 1 is 0.294 bits per heavy atom. The van der Waals surface area contributed by atoms with Crippen LogP contribution in [0.3, 0.4) is 0 Å². The van der Waals surface area contributed by atoms with Crippen molar-refractivity contribution in [1.29, 1.82) is 0 Å². The van der Waals surface area contributed by atoms with Crippen LogP contribution in [0.1, 0.15) is 128 Å². The molecule has 4 fully saturated rings. The molecule has 0 aliphatic heterocycles. The first-order valence-electron chi connectivity index (χ1n) is 20.7. The van der Waals surface area contributed by atoms with Crippen LogP contribution in [0.2, 0.25) is 0 Å². The van der Waals surface area contributed by atoms with Crippen LogP contribution in [0.25, 0.3) is 22.3 Å². The van der Waals surface area contributed by atoms with Crippen LogP contribution in [-0.4, -0.2) is 22.6 Å². The van der Waals surface area contributed by atoms with E-state index in [1.165, 1.54) is 151 Å². The fraction of sp³-hybridized carbons (Fsp3) is 0.500. The van der Waals surface area contributed by atoms with E-state index >= 15 is 0 Å². The summed E-state index contributed by atoms with van der Waals surface area (Å²) in [6, 6.07) is 41.0. The molecule has 0 heterocycles. The molecule has 0 unspecified atom stereocenters. The summed E-state index contributed by atoms with van der Waals surface area (Å²) in [4.78, 5) is 0. The molecule has 274 valence electrons. The zero-order valence-corrected chi connectivity index (χ0v) is 34.4. The van der Waals surface area contributed by atoms with Gasteiger partial charge in [-0.1, -0.05) is 202 Å². The van der Waals surface area contributed by atoms with Crippen molar-refractivity contribution in [3.05, 3.63) is 109 Å². The van der Waals surface area contributed by atoms with E-state index in [9.17, 15) is 0 Å². The smallest absolute Gasteiger partial charge is 0 e. The normalized spacial score (nSPS) is 19.6. The van der Waals surface area contributed by atoms with E-state index in [1.54, 1.807) is 10.6 Å². The van der Waals surface area contributed by atoms with Gasteiger partial charge >= 0.3 is 0 Å². The Labute approximate surface area is 327 Å². The van der Waals surface area contributed by atoms with E-state index in [0.29, 0.717) is 0 Å². The van der Waals surface area contributed by atoms with Gasteiger partial charge in [0.2, 0.25) is 0 Å². The van der Waals surface area contributed by atoms with Gasteiger partial charge in [-0.3, -0.25) is 0 Å². The van der Waals surface area contributed by atoms with Crippen LogP contribution in [0.15, 0.2) is 109 Å². The number of rotatable bonds is 8. The van der Waals surface area contributed by atoms with Crippen LogP contribution in [-0.2, 0) is 20.4 Å². The summed E-state index contributed by atoms with van der Waals surface area (Å²) in [5, 5.41) is 3.42. The van der Waals surface area contributed by atoms with E-state index in [1.807, 2.05) is 0 Å². The standard InChI is InChI=1S/2C24H31P.Pd/c2*1-4-12-20(13-5-1)23-18-10-11-19-24(23)25(21-14-6-2-7-15-21)22-16-8-3-9-17-22;/h2*1,4-5,10-13,18-19,21-22H,2-3,6-9,14-17H2;. The fourth-order valence-electron chi connectivity index (χ4n) is 9.94. The van der Waals surface area contributed by atoms with Crippen molar-refractivity contribution in [3.63, 3.8) is 0 Å². The third-order valence-electron chi connectivity index (χ3n) is 12.4. The Balaban J connectivity index is 0.000000172. The second kappa shape index (κ2) is 20.7. The van der Waals surface area contributed by atoms with Crippen molar-refractivity contribution in [2.45, 2.75) is 151 Å². The summed E-state index contributed by atoms with van der Waals surface area (Å²) in [6.45, 7) is 0. The van der Waals surface area contributed by atoms with Crippen LogP contribution < -0.4 is 10.6 Å². The summed E-state index contributed by atoms with van der Waals surface area (Å²) in [5.41, 5.74) is 9.74. The maximum absolute atomic E-state index is 2.48. The van der Waals surface area contributed by atoms with Crippen LogP contribution >= 0.6 is 15.8 Å². The maximum atomic E-state index is 2.48. The van der Waals surface area contributed by atoms with E-state index < -0.39 is 0 Å². The molecular weight excluding hydrogens is 745 g/mol. The van der Waals surface area contributed by atoms with Crippen molar-refractivity contribution >= 4 is 26.5 Å². The first-order chi connectivity index (χ1) is 24.9. The zero-order valence-electron chi connectivity index (χ0n) is 31.1. The van der Waals surface area contributed by atoms with E-state index in [4.69, 9.17) is 0 Å². The summed E-state index contributed by atoms with van der Waals surface area (Å²) in [7, 11) is -0.0730. The predicted octanol–water partition coefficient (Wildman–Crippen LogP) is 14.2. The van der Waals surface area contributed by atoms with Crippen molar-refractivity contribution in [3.8, 4) is 22.3 Å². The predicted molar refractivity (Wildman–Crippen MR) is 224 cm³/mol. The number of hydrogen-bond acceptors (Lipinski definition) is 0. The molecule has 0 atom stereocenters. The van der Waals surface area contributed by atoms with E-state index in [-0.39, 0.29) is 36.3 Å². The molecule has 3 heteroatoms. The van der Waals surface area contributed by atoms with Gasteiger partial charge in [-0.25, -0.2) is 0 Å². The van der Waals surface area contributed by atoms with Gasteiger partial charge in [0, 0.05) is 20.4 Å². The van der Waals surface area contributed by atoms with Crippen LogP contribution in [0.4, 0.5) is 0 Å². The van der Waals surface area contributed by atoms with Gasteiger partial charge in [0.1, 0.15) is 0 Å². The van der Waals surface area contributed by atoms with Crippen LogP contribution in [0, 0.1) is 0 Å². The van der Waals surface area contributed by atoms with Gasteiger partial charge in [-0.05, 0) is 107 Å². The second-order valence-corrected chi connectivity index (χ2v) is 21.3. The minimum Gasteiger partial charge on any atom is -0.0683 e. The molecule has 4 aromatic carbocycles. The van der Waals surface area contributed by atoms with E-state index in [2.05, 4.69) is 109 Å². The van der Waals surface area contributed by atoms with Gasteiger partial charge in [-0.15, -0.1) is 0 Å². The minimum atomic E-state index is -0.0365. The quantitative estimate of drug-likeness (QED) is 0.123. The molecule has 0 spiro atoms. The van der Waals surface area contributed by atoms with Gasteiger partial charge in [0.25, 0.3) is 0 Å². The molecule has 0 radical (unpaired) electrons. The third-order valence-corrected chi connectivity index (χ3v) is 19.5. The van der Waals surface area contributed by atoms with Gasteiger partial charge in [0.15, 0.2) is 0 Å². The van der Waals surface area contributed by atoms with Crippen LogP contribution in [0.5, 0.6) is 0 Å². The Morgan fingerprint density at radius 3 is 0.843 bits per heavy atom. The third kappa shape index (κ3) is 10.3. The number of hydrogen-bond donors (Lipinski definition) is 0. The molecule has 4 aliphatic rings. The molecule has 0 bridgehead atoms. The summed E-state index contributed by atoms with van der Waals surface area (Å²) >= 11 is 0. The average molecular weight is 807 g/mol. The second-order valence-electron chi connectivity index (χ2n) is 15.7. The Morgan fingerprint density at radius 2 is 0.549 bits per heavy atom. The molecule has 0 amide bonds. The van der Waals surface area contributed by atoms with E-state index in [0.717, 1.165) is 22.6 Å². The summed E-state index contributed by atoms with van der Waals surface area (Å²) in [6.07, 6.45) is 29.4. The topological polar surface area (TPSA) is 0 Å². The monoisotopic (exact) mass is 806 g/mol. The van der Waals surface area contributed by atoms with Gasteiger partial charge < -0.3 is 0 Å². The van der Waals surface area contributed by atoms with Gasteiger partial charge in [0.05, 0.1) is 0 Å². The summed E-state index contributed by atoms with van der Waals surface area (Å²) < 4.78 is 0. The molecule has 0 saturated heterocycles. The number of benzene rings is 4. The van der Waals surface area contributed by atoms with Crippen molar-refractivity contribution in [2.24, 2.45) is 0 Å². The minimum absolute atomic E-state index is 0. The maximum Gasteiger partial charge on any atom is 0 e. The Bertz CT molecular complexity index is 1390. The molecule has 0 N–H and O–H groups in total. The van der Waals surface area contributed by atoms with Crippen molar-refractivity contribution < 1.29 is 20.4 Å². The van der Waals surface area contributed by atoms with Crippen molar-refractivity contribution in [1.82, 2.24) is 0 Å². The first kappa shape index (κ1) is 39.1. The zero-order chi connectivity index (χ0) is 33.8. The molecule has 4 saturated carbocycles. The fourth-order valence-corrected chi connectivity index (χ4v) is 17.9. The molecule has 4 aromatic rings. The first-order valence-corrected chi connectivity index (χ1v) is 23.7. The van der Waals surface area contributed by atoms with Gasteiger partial charge in [-0.2, -0.15) is 0 Å². The molecule has 4 aliphatic carbocycles. The summed E-state index contributed by atoms with van der Waals surface area (Å²) in [5.74, 6) is 0.